The van der Waals surface area contributed by atoms with E-state index in [-0.39, 0.29) is 5.76 Å². The third-order valence-electron chi connectivity index (χ3n) is 4.66. The maximum absolute atomic E-state index is 12.8. The normalized spacial score (nSPS) is 11.8. The van der Waals surface area contributed by atoms with E-state index in [9.17, 15) is 13.4 Å². The summed E-state index contributed by atoms with van der Waals surface area (Å²) in [4.78, 5) is 20.7. The molecule has 0 amide bonds. The molecule has 8 heteroatoms. The van der Waals surface area contributed by atoms with E-state index >= 15 is 0 Å². The average molecular weight is 439 g/mol. The van der Waals surface area contributed by atoms with Crippen molar-refractivity contribution in [3.05, 3.63) is 77.7 Å². The number of halogens is 2. The molecular weight excluding hydrogens is 411 g/mol. The number of anilines is 2. The molecule has 1 aromatic heterocycles. The van der Waals surface area contributed by atoms with Gasteiger partial charge < -0.3 is 14.5 Å². The Labute approximate surface area is 188 Å². The first-order valence-corrected chi connectivity index (χ1v) is 10.4. The van der Waals surface area contributed by atoms with Crippen LogP contribution in [0.2, 0.25) is 0 Å². The van der Waals surface area contributed by atoms with E-state index < -0.39 is 13.3 Å². The minimum Gasteiger partial charge on any atom is -0.505 e. The fraction of sp³-hybridized carbons (Fsp3) is 0.250. The predicted molar refractivity (Wildman–Crippen MR) is 129 cm³/mol. The number of nitrogens with zero attached hydrogens (tertiary/aromatic N) is 3. The smallest absolute Gasteiger partial charge is 0.505 e. The molecule has 2 aromatic rings. The Kier molecular flexibility index (Phi) is 9.66. The van der Waals surface area contributed by atoms with Crippen LogP contribution in [0.5, 0.6) is 0 Å². The van der Waals surface area contributed by atoms with Crippen LogP contribution in [0.25, 0.3) is 12.2 Å². The highest BCUT2D eigenvalue weighted by atomic mass is 19.2. The summed E-state index contributed by atoms with van der Waals surface area (Å²) < 4.78 is 30.1. The molecular formula is C24H28BF2N3O2. The molecule has 1 heterocycles. The van der Waals surface area contributed by atoms with Crippen LogP contribution in [0.1, 0.15) is 25.0 Å². The van der Waals surface area contributed by atoms with Gasteiger partial charge in [-0.2, -0.15) is 0 Å². The van der Waals surface area contributed by atoms with Crippen molar-refractivity contribution in [2.75, 3.05) is 37.0 Å². The quantitative estimate of drug-likeness (QED) is 0.211. The summed E-state index contributed by atoms with van der Waals surface area (Å²) >= 11 is 0. The van der Waals surface area contributed by atoms with Crippen molar-refractivity contribution in [1.29, 1.82) is 0 Å². The van der Waals surface area contributed by atoms with Gasteiger partial charge in [0.2, 0.25) is 0 Å². The number of allylic oxidation sites excluding steroid dienone is 3. The molecule has 0 atom stereocenters. The summed E-state index contributed by atoms with van der Waals surface area (Å²) in [6, 6.07) is 11.3. The van der Waals surface area contributed by atoms with Crippen molar-refractivity contribution in [2.45, 2.75) is 13.8 Å². The standard InChI is InChI=1S/C24H28BF2N3O2/c1-5-30(6-2)24-16-11-20(18-28-24)10-15-23(32-25(26)27)17-22(31)14-9-19-7-12-21(13-8-19)29(3)4/h7-18H,5-6H2,1-4H3/b14-9+,15-10+,23-17-. The Morgan fingerprint density at radius 1 is 1.00 bits per heavy atom. The van der Waals surface area contributed by atoms with Gasteiger partial charge in [-0.3, -0.25) is 4.79 Å². The summed E-state index contributed by atoms with van der Waals surface area (Å²) in [5, 5.41) is 0. The van der Waals surface area contributed by atoms with Crippen LogP contribution in [0, 0.1) is 0 Å². The van der Waals surface area contributed by atoms with Gasteiger partial charge in [0.25, 0.3) is 0 Å². The van der Waals surface area contributed by atoms with E-state index in [1.807, 2.05) is 69.2 Å². The largest absolute Gasteiger partial charge is 0.796 e. The number of carbonyl (C=O) groups excluding carboxylic acids is 1. The van der Waals surface area contributed by atoms with Crippen LogP contribution in [-0.4, -0.2) is 45.4 Å². The van der Waals surface area contributed by atoms with Gasteiger partial charge in [-0.15, -0.1) is 0 Å². The Hall–Kier alpha value is -3.42. The SMILES string of the molecule is CCN(CC)c1ccc(/C=C/C(=C/C(=O)/C=C/c2ccc(N(C)C)cc2)OB(F)F)cn1. The van der Waals surface area contributed by atoms with E-state index in [4.69, 9.17) is 0 Å². The Morgan fingerprint density at radius 3 is 2.16 bits per heavy atom. The molecule has 0 saturated carbocycles. The molecule has 2 rings (SSSR count). The number of hydrogen-bond donors (Lipinski definition) is 0. The molecule has 0 N–H and O–H groups in total. The van der Waals surface area contributed by atoms with Crippen LogP contribution in [0.4, 0.5) is 20.1 Å². The molecule has 168 valence electrons. The molecule has 32 heavy (non-hydrogen) atoms. The highest BCUT2D eigenvalue weighted by Gasteiger charge is 2.18. The molecule has 0 radical (unpaired) electrons. The lowest BCUT2D eigenvalue weighted by atomic mass is 10.1. The first-order chi connectivity index (χ1) is 15.3. The number of benzene rings is 1. The van der Waals surface area contributed by atoms with E-state index in [0.717, 1.165) is 36.2 Å². The van der Waals surface area contributed by atoms with Gasteiger partial charge >= 0.3 is 7.47 Å². The molecule has 0 spiro atoms. The van der Waals surface area contributed by atoms with E-state index in [1.165, 1.54) is 12.2 Å². The minimum atomic E-state index is -3.04. The van der Waals surface area contributed by atoms with Gasteiger partial charge in [0.05, 0.1) is 0 Å². The fourth-order valence-electron chi connectivity index (χ4n) is 2.88. The second kappa shape index (κ2) is 12.4. The zero-order valence-corrected chi connectivity index (χ0v) is 18.8. The maximum atomic E-state index is 12.8. The molecule has 1 aromatic carbocycles. The molecule has 0 saturated heterocycles. The van der Waals surface area contributed by atoms with Crippen LogP contribution in [0.3, 0.4) is 0 Å². The zero-order valence-electron chi connectivity index (χ0n) is 18.8. The highest BCUT2D eigenvalue weighted by molar-refractivity contribution is 6.35. The molecule has 0 aliphatic carbocycles. The lowest BCUT2D eigenvalue weighted by Gasteiger charge is -2.19. The van der Waals surface area contributed by atoms with Crippen LogP contribution in [-0.2, 0) is 9.45 Å². The van der Waals surface area contributed by atoms with Crippen molar-refractivity contribution in [3.8, 4) is 0 Å². The zero-order chi connectivity index (χ0) is 23.5. The summed E-state index contributed by atoms with van der Waals surface area (Å²) in [6.07, 6.45) is 8.52. The van der Waals surface area contributed by atoms with Crippen LogP contribution >= 0.6 is 0 Å². The van der Waals surface area contributed by atoms with Gasteiger partial charge in [0, 0.05) is 45.1 Å². The molecule has 0 aliphatic heterocycles. The predicted octanol–water partition coefficient (Wildman–Crippen LogP) is 5.11. The van der Waals surface area contributed by atoms with Crippen molar-refractivity contribution in [1.82, 2.24) is 4.98 Å². The van der Waals surface area contributed by atoms with E-state index in [2.05, 4.69) is 14.5 Å². The number of rotatable bonds is 11. The monoisotopic (exact) mass is 439 g/mol. The topological polar surface area (TPSA) is 45.7 Å². The fourth-order valence-corrected chi connectivity index (χ4v) is 2.88. The Balaban J connectivity index is 2.11. The van der Waals surface area contributed by atoms with Gasteiger partial charge in [-0.05, 0) is 67.5 Å². The van der Waals surface area contributed by atoms with E-state index in [1.54, 1.807) is 18.3 Å². The first kappa shape index (κ1) is 24.9. The summed E-state index contributed by atoms with van der Waals surface area (Å²) in [5.41, 5.74) is 2.56. The number of pyridine rings is 1. The second-order valence-electron chi connectivity index (χ2n) is 7.10. The van der Waals surface area contributed by atoms with Crippen molar-refractivity contribution in [2.24, 2.45) is 0 Å². The summed E-state index contributed by atoms with van der Waals surface area (Å²) in [6.45, 7) is 5.76. The van der Waals surface area contributed by atoms with E-state index in [0.29, 0.717) is 5.56 Å². The van der Waals surface area contributed by atoms with Crippen LogP contribution < -0.4 is 9.80 Å². The molecule has 5 nitrogen and oxygen atoms in total. The molecule has 0 fully saturated rings. The maximum Gasteiger partial charge on any atom is 0.796 e. The number of hydrogen-bond acceptors (Lipinski definition) is 5. The number of ketones is 1. The van der Waals surface area contributed by atoms with Crippen molar-refractivity contribution < 1.29 is 18.1 Å². The molecule has 0 aliphatic rings. The van der Waals surface area contributed by atoms with Crippen molar-refractivity contribution in [3.63, 3.8) is 0 Å². The number of aromatic nitrogens is 1. The minimum absolute atomic E-state index is 0.231. The highest BCUT2D eigenvalue weighted by Crippen LogP contribution is 2.15. The Morgan fingerprint density at radius 2 is 1.62 bits per heavy atom. The average Bonchev–Trinajstić information content (AvgIpc) is 2.77. The lowest BCUT2D eigenvalue weighted by Crippen LogP contribution is -2.22. The molecule has 0 bridgehead atoms. The first-order valence-electron chi connectivity index (χ1n) is 10.4. The Bertz CT molecular complexity index is 952. The lowest BCUT2D eigenvalue weighted by molar-refractivity contribution is -0.110. The van der Waals surface area contributed by atoms with Crippen LogP contribution in [0.15, 0.2) is 66.6 Å². The summed E-state index contributed by atoms with van der Waals surface area (Å²) in [7, 11) is 0.837. The molecule has 0 unspecified atom stereocenters. The van der Waals surface area contributed by atoms with Gasteiger partial charge in [-0.25, -0.2) is 13.6 Å². The van der Waals surface area contributed by atoms with Crippen molar-refractivity contribution >= 4 is 36.9 Å². The van der Waals surface area contributed by atoms with Gasteiger partial charge in [-0.1, -0.05) is 18.2 Å². The summed E-state index contributed by atoms with van der Waals surface area (Å²) in [5.74, 6) is 0.146. The third-order valence-corrected chi connectivity index (χ3v) is 4.66. The second-order valence-corrected chi connectivity index (χ2v) is 7.10. The third kappa shape index (κ3) is 8.02. The van der Waals surface area contributed by atoms with Gasteiger partial charge in [0.15, 0.2) is 5.78 Å². The van der Waals surface area contributed by atoms with Gasteiger partial charge in [0.1, 0.15) is 11.6 Å². The number of carbonyl (C=O) groups is 1.